The van der Waals surface area contributed by atoms with Crippen molar-refractivity contribution < 1.29 is 8.78 Å². The molecule has 1 aromatic rings. The van der Waals surface area contributed by atoms with Crippen LogP contribution in [0.2, 0.25) is 0 Å². The molecule has 1 atom stereocenters. The van der Waals surface area contributed by atoms with Gasteiger partial charge in [-0.15, -0.1) is 0 Å². The fraction of sp³-hybridized carbons (Fsp3) is 0.375. The number of pyridine rings is 1. The van der Waals surface area contributed by atoms with Crippen molar-refractivity contribution in [2.75, 3.05) is 0 Å². The average molecular weight is 172 g/mol. The Balaban J connectivity index is 2.96. The van der Waals surface area contributed by atoms with Crippen LogP contribution in [0.25, 0.3) is 0 Å². The molecule has 66 valence electrons. The number of aromatic nitrogens is 1. The summed E-state index contributed by atoms with van der Waals surface area (Å²) in [4.78, 5) is 3.70. The van der Waals surface area contributed by atoms with Gasteiger partial charge < -0.3 is 5.73 Å². The van der Waals surface area contributed by atoms with Crippen molar-refractivity contribution in [1.29, 1.82) is 0 Å². The van der Waals surface area contributed by atoms with E-state index < -0.39 is 6.43 Å². The van der Waals surface area contributed by atoms with Gasteiger partial charge in [-0.05, 0) is 19.1 Å². The van der Waals surface area contributed by atoms with E-state index in [2.05, 4.69) is 4.98 Å². The predicted octanol–water partition coefficient (Wildman–Crippen LogP) is 2.04. The van der Waals surface area contributed by atoms with Crippen LogP contribution in [0.5, 0.6) is 0 Å². The molecular formula is C8H10F2N2. The molecule has 0 aliphatic rings. The van der Waals surface area contributed by atoms with Crippen molar-refractivity contribution in [3.05, 3.63) is 29.6 Å². The summed E-state index contributed by atoms with van der Waals surface area (Å²) in [5, 5.41) is 0. The van der Waals surface area contributed by atoms with Gasteiger partial charge in [0, 0.05) is 6.04 Å². The maximum Gasteiger partial charge on any atom is 0.280 e. The summed E-state index contributed by atoms with van der Waals surface area (Å²) in [6.07, 6.45) is -2.52. The van der Waals surface area contributed by atoms with E-state index in [1.54, 1.807) is 13.0 Å². The standard InChI is InChI=1S/C8H10F2N2/c1-5(11)6-3-2-4-7(12-6)8(9)10/h2-5,8H,11H2,1H3/t5-/m1/s1. The van der Waals surface area contributed by atoms with E-state index in [0.717, 1.165) is 0 Å². The molecule has 0 amide bonds. The minimum Gasteiger partial charge on any atom is -0.323 e. The third-order valence-corrected chi connectivity index (χ3v) is 1.48. The number of alkyl halides is 2. The first-order valence-corrected chi connectivity index (χ1v) is 3.62. The zero-order valence-corrected chi connectivity index (χ0v) is 6.67. The van der Waals surface area contributed by atoms with E-state index in [1.165, 1.54) is 12.1 Å². The molecule has 0 aliphatic heterocycles. The number of nitrogens with two attached hydrogens (primary N) is 1. The Hall–Kier alpha value is -1.03. The Kier molecular flexibility index (Phi) is 2.70. The lowest BCUT2D eigenvalue weighted by molar-refractivity contribution is 0.145. The van der Waals surface area contributed by atoms with Crippen LogP contribution >= 0.6 is 0 Å². The third kappa shape index (κ3) is 1.98. The highest BCUT2D eigenvalue weighted by atomic mass is 19.3. The highest BCUT2D eigenvalue weighted by Crippen LogP contribution is 2.17. The Labute approximate surface area is 69.4 Å². The average Bonchev–Trinajstić information content (AvgIpc) is 2.04. The normalized spacial score (nSPS) is 13.4. The van der Waals surface area contributed by atoms with E-state index in [1.807, 2.05) is 0 Å². The molecule has 0 saturated heterocycles. The molecule has 4 heteroatoms. The molecular weight excluding hydrogens is 162 g/mol. The van der Waals surface area contributed by atoms with Crippen molar-refractivity contribution in [3.8, 4) is 0 Å². The third-order valence-electron chi connectivity index (χ3n) is 1.48. The second-order valence-corrected chi connectivity index (χ2v) is 2.58. The molecule has 0 aromatic carbocycles. The molecule has 0 radical (unpaired) electrons. The largest absolute Gasteiger partial charge is 0.323 e. The lowest BCUT2D eigenvalue weighted by atomic mass is 10.2. The Morgan fingerprint density at radius 3 is 2.42 bits per heavy atom. The first kappa shape index (κ1) is 9.06. The first-order valence-electron chi connectivity index (χ1n) is 3.62. The van der Waals surface area contributed by atoms with Crippen LogP contribution in [-0.4, -0.2) is 4.98 Å². The number of hydrogen-bond donors (Lipinski definition) is 1. The molecule has 2 nitrogen and oxygen atoms in total. The van der Waals surface area contributed by atoms with Crippen LogP contribution in [0.3, 0.4) is 0 Å². The van der Waals surface area contributed by atoms with E-state index in [9.17, 15) is 8.78 Å². The van der Waals surface area contributed by atoms with E-state index in [0.29, 0.717) is 5.69 Å². The van der Waals surface area contributed by atoms with Gasteiger partial charge in [0.25, 0.3) is 6.43 Å². The van der Waals surface area contributed by atoms with Crippen LogP contribution in [0.1, 0.15) is 30.8 Å². The number of rotatable bonds is 2. The maximum atomic E-state index is 12.1. The topological polar surface area (TPSA) is 38.9 Å². The summed E-state index contributed by atoms with van der Waals surface area (Å²) >= 11 is 0. The number of hydrogen-bond acceptors (Lipinski definition) is 2. The number of halogens is 2. The Morgan fingerprint density at radius 2 is 1.92 bits per heavy atom. The van der Waals surface area contributed by atoms with Gasteiger partial charge in [0.05, 0.1) is 5.69 Å². The van der Waals surface area contributed by atoms with Crippen molar-refractivity contribution in [3.63, 3.8) is 0 Å². The Bertz CT molecular complexity index is 238. The van der Waals surface area contributed by atoms with E-state index in [4.69, 9.17) is 5.73 Å². The molecule has 2 N–H and O–H groups in total. The Morgan fingerprint density at radius 1 is 1.33 bits per heavy atom. The van der Waals surface area contributed by atoms with Crippen molar-refractivity contribution >= 4 is 0 Å². The molecule has 0 aliphatic carbocycles. The van der Waals surface area contributed by atoms with Gasteiger partial charge in [-0.2, -0.15) is 0 Å². The van der Waals surface area contributed by atoms with Crippen LogP contribution in [0, 0.1) is 0 Å². The van der Waals surface area contributed by atoms with Crippen molar-refractivity contribution in [2.24, 2.45) is 5.73 Å². The van der Waals surface area contributed by atoms with Gasteiger partial charge >= 0.3 is 0 Å². The molecule has 0 unspecified atom stereocenters. The van der Waals surface area contributed by atoms with Gasteiger partial charge in [0.1, 0.15) is 5.69 Å². The molecule has 0 fully saturated rings. The lowest BCUT2D eigenvalue weighted by Gasteiger charge is -2.05. The minimum absolute atomic E-state index is 0.218. The second-order valence-electron chi connectivity index (χ2n) is 2.58. The van der Waals surface area contributed by atoms with Crippen LogP contribution in [-0.2, 0) is 0 Å². The van der Waals surface area contributed by atoms with Crippen LogP contribution < -0.4 is 5.73 Å². The smallest absolute Gasteiger partial charge is 0.280 e. The summed E-state index contributed by atoms with van der Waals surface area (Å²) in [6, 6.07) is 4.16. The van der Waals surface area contributed by atoms with Crippen molar-refractivity contribution in [1.82, 2.24) is 4.98 Å². The summed E-state index contributed by atoms with van der Waals surface area (Å²) < 4.78 is 24.2. The predicted molar refractivity (Wildman–Crippen MR) is 41.8 cm³/mol. The number of nitrogens with zero attached hydrogens (tertiary/aromatic N) is 1. The molecule has 0 bridgehead atoms. The molecule has 1 heterocycles. The van der Waals surface area contributed by atoms with Gasteiger partial charge in [-0.25, -0.2) is 8.78 Å². The highest BCUT2D eigenvalue weighted by molar-refractivity contribution is 5.14. The molecule has 0 saturated carbocycles. The molecule has 12 heavy (non-hydrogen) atoms. The van der Waals surface area contributed by atoms with Gasteiger partial charge in [-0.3, -0.25) is 4.98 Å². The molecule has 0 spiro atoms. The first-order chi connectivity index (χ1) is 5.61. The van der Waals surface area contributed by atoms with Crippen LogP contribution in [0.4, 0.5) is 8.78 Å². The SMILES string of the molecule is C[C@@H](N)c1cccc(C(F)F)n1. The van der Waals surface area contributed by atoms with Gasteiger partial charge in [-0.1, -0.05) is 6.07 Å². The second kappa shape index (κ2) is 3.58. The zero-order valence-electron chi connectivity index (χ0n) is 6.67. The summed E-state index contributed by atoms with van der Waals surface area (Å²) in [6.45, 7) is 1.71. The minimum atomic E-state index is -2.52. The summed E-state index contributed by atoms with van der Waals surface area (Å²) in [5.74, 6) is 0. The van der Waals surface area contributed by atoms with E-state index in [-0.39, 0.29) is 11.7 Å². The fourth-order valence-electron chi connectivity index (χ4n) is 0.844. The summed E-state index contributed by atoms with van der Waals surface area (Å²) in [5.41, 5.74) is 5.75. The molecule has 1 aromatic heterocycles. The highest BCUT2D eigenvalue weighted by Gasteiger charge is 2.09. The molecule has 1 rings (SSSR count). The van der Waals surface area contributed by atoms with Crippen LogP contribution in [0.15, 0.2) is 18.2 Å². The fourth-order valence-corrected chi connectivity index (χ4v) is 0.844. The van der Waals surface area contributed by atoms with Crippen molar-refractivity contribution in [2.45, 2.75) is 19.4 Å². The van der Waals surface area contributed by atoms with E-state index >= 15 is 0 Å². The maximum absolute atomic E-state index is 12.1. The quantitative estimate of drug-likeness (QED) is 0.741. The lowest BCUT2D eigenvalue weighted by Crippen LogP contribution is -2.08. The van der Waals surface area contributed by atoms with Gasteiger partial charge in [0.2, 0.25) is 0 Å². The monoisotopic (exact) mass is 172 g/mol. The zero-order chi connectivity index (χ0) is 9.14. The van der Waals surface area contributed by atoms with Gasteiger partial charge in [0.15, 0.2) is 0 Å². The summed E-state index contributed by atoms with van der Waals surface area (Å²) in [7, 11) is 0.